The van der Waals surface area contributed by atoms with Crippen molar-refractivity contribution in [2.45, 2.75) is 0 Å². The Bertz CT molecular complexity index is 158. The van der Waals surface area contributed by atoms with Crippen LogP contribution in [0.4, 0.5) is 0 Å². The molecule has 0 aromatic heterocycles. The Morgan fingerprint density at radius 3 is 3.38 bits per heavy atom. The number of aliphatic imine (C=N–C) groups is 1. The summed E-state index contributed by atoms with van der Waals surface area (Å²) in [6.45, 7) is 0. The van der Waals surface area contributed by atoms with Crippen molar-refractivity contribution in [1.82, 2.24) is 5.32 Å². The second kappa shape index (κ2) is 2.67. The number of nitrogens with one attached hydrogen (secondary N) is 1. The van der Waals surface area contributed by atoms with Crippen LogP contribution in [-0.2, 0) is 0 Å². The number of halogens is 1. The summed E-state index contributed by atoms with van der Waals surface area (Å²) in [5.74, 6) is 0. The SMILES string of the molecule is BrC1=CC=CN=CN1. The maximum Gasteiger partial charge on any atom is 0.0926 e. The van der Waals surface area contributed by atoms with Crippen molar-refractivity contribution in [3.8, 4) is 0 Å². The molecule has 1 aliphatic rings. The molecule has 0 saturated carbocycles. The van der Waals surface area contributed by atoms with Crippen molar-refractivity contribution < 1.29 is 0 Å². The first-order chi connectivity index (χ1) is 3.89. The van der Waals surface area contributed by atoms with Crippen LogP contribution in [-0.4, -0.2) is 6.34 Å². The van der Waals surface area contributed by atoms with Crippen molar-refractivity contribution >= 4 is 22.3 Å². The van der Waals surface area contributed by atoms with Crippen molar-refractivity contribution in [3.05, 3.63) is 23.0 Å². The molecule has 0 unspecified atom stereocenters. The lowest BCUT2D eigenvalue weighted by Crippen LogP contribution is -2.03. The van der Waals surface area contributed by atoms with E-state index in [0.717, 1.165) is 4.61 Å². The average Bonchev–Trinajstić information content (AvgIpc) is 1.94. The van der Waals surface area contributed by atoms with Gasteiger partial charge in [-0.2, -0.15) is 0 Å². The fraction of sp³-hybridized carbons (Fsp3) is 0. The molecule has 0 radical (unpaired) electrons. The van der Waals surface area contributed by atoms with Gasteiger partial charge in [0.05, 0.1) is 10.9 Å². The summed E-state index contributed by atoms with van der Waals surface area (Å²) in [7, 11) is 0. The second-order valence-corrected chi connectivity index (χ2v) is 2.13. The summed E-state index contributed by atoms with van der Waals surface area (Å²) < 4.78 is 0.926. The first-order valence-electron chi connectivity index (χ1n) is 2.20. The molecular weight excluding hydrogens is 168 g/mol. The summed E-state index contributed by atoms with van der Waals surface area (Å²) in [5.41, 5.74) is 0. The maximum absolute atomic E-state index is 3.82. The van der Waals surface area contributed by atoms with E-state index in [1.165, 1.54) is 0 Å². The number of rotatable bonds is 0. The predicted molar refractivity (Wildman–Crippen MR) is 37.8 cm³/mol. The van der Waals surface area contributed by atoms with Crippen LogP contribution in [0, 0.1) is 0 Å². The molecule has 1 aliphatic heterocycles. The van der Waals surface area contributed by atoms with Crippen LogP contribution in [0.25, 0.3) is 0 Å². The third-order valence-corrected chi connectivity index (χ3v) is 1.18. The van der Waals surface area contributed by atoms with E-state index in [1.807, 2.05) is 12.2 Å². The number of nitrogens with zero attached hydrogens (tertiary/aromatic N) is 1. The molecule has 1 heterocycles. The monoisotopic (exact) mass is 172 g/mol. The molecule has 0 aromatic carbocycles. The topological polar surface area (TPSA) is 24.4 Å². The molecular formula is C5H5BrN2. The van der Waals surface area contributed by atoms with Gasteiger partial charge in [-0.15, -0.1) is 0 Å². The van der Waals surface area contributed by atoms with Gasteiger partial charge in [-0.25, -0.2) is 4.99 Å². The second-order valence-electron chi connectivity index (χ2n) is 1.28. The van der Waals surface area contributed by atoms with E-state index in [2.05, 4.69) is 26.2 Å². The molecule has 0 fully saturated rings. The molecule has 1 rings (SSSR count). The lowest BCUT2D eigenvalue weighted by molar-refractivity contribution is 1.30. The van der Waals surface area contributed by atoms with Gasteiger partial charge in [0.25, 0.3) is 0 Å². The largest absolute Gasteiger partial charge is 0.341 e. The summed E-state index contributed by atoms with van der Waals surface area (Å²) >= 11 is 3.25. The maximum atomic E-state index is 3.82. The fourth-order valence-electron chi connectivity index (χ4n) is 0.367. The summed E-state index contributed by atoms with van der Waals surface area (Å²) in [5, 5.41) is 2.87. The quantitative estimate of drug-likeness (QED) is 0.549. The molecule has 0 amide bonds. The van der Waals surface area contributed by atoms with Crippen LogP contribution in [0.15, 0.2) is 28.0 Å². The molecule has 0 aliphatic carbocycles. The van der Waals surface area contributed by atoms with Crippen molar-refractivity contribution in [3.63, 3.8) is 0 Å². The van der Waals surface area contributed by atoms with E-state index in [-0.39, 0.29) is 0 Å². The molecule has 0 bridgehead atoms. The first-order valence-corrected chi connectivity index (χ1v) is 2.99. The highest BCUT2D eigenvalue weighted by Crippen LogP contribution is 1.99. The predicted octanol–water partition coefficient (Wildman–Crippen LogP) is 1.37. The number of hydrogen-bond donors (Lipinski definition) is 1. The van der Waals surface area contributed by atoms with Crippen LogP contribution in [0.5, 0.6) is 0 Å². The number of hydrogen-bond acceptors (Lipinski definition) is 2. The highest BCUT2D eigenvalue weighted by atomic mass is 79.9. The Hall–Kier alpha value is -0.570. The van der Waals surface area contributed by atoms with Gasteiger partial charge in [0.2, 0.25) is 0 Å². The van der Waals surface area contributed by atoms with Crippen LogP contribution in [0.2, 0.25) is 0 Å². The number of allylic oxidation sites excluding steroid dienone is 2. The zero-order valence-electron chi connectivity index (χ0n) is 4.13. The van der Waals surface area contributed by atoms with E-state index in [1.54, 1.807) is 12.5 Å². The van der Waals surface area contributed by atoms with E-state index in [9.17, 15) is 0 Å². The molecule has 42 valence electrons. The normalized spacial score (nSPS) is 16.9. The third kappa shape index (κ3) is 1.50. The van der Waals surface area contributed by atoms with Gasteiger partial charge in [-0.05, 0) is 28.1 Å². The molecule has 8 heavy (non-hydrogen) atoms. The molecule has 0 saturated heterocycles. The van der Waals surface area contributed by atoms with Crippen LogP contribution in [0.1, 0.15) is 0 Å². The van der Waals surface area contributed by atoms with Crippen LogP contribution < -0.4 is 5.32 Å². The van der Waals surface area contributed by atoms with Gasteiger partial charge in [0.1, 0.15) is 0 Å². The first kappa shape index (κ1) is 5.56. The van der Waals surface area contributed by atoms with E-state index in [0.29, 0.717) is 0 Å². The fourth-order valence-corrected chi connectivity index (χ4v) is 0.622. The minimum Gasteiger partial charge on any atom is -0.341 e. The molecule has 3 heteroatoms. The van der Waals surface area contributed by atoms with E-state index >= 15 is 0 Å². The average molecular weight is 173 g/mol. The lowest BCUT2D eigenvalue weighted by Gasteiger charge is -1.89. The van der Waals surface area contributed by atoms with E-state index < -0.39 is 0 Å². The molecule has 1 N–H and O–H groups in total. The summed E-state index contributed by atoms with van der Waals surface area (Å²) in [6.07, 6.45) is 7.05. The molecule has 0 aromatic rings. The van der Waals surface area contributed by atoms with Crippen molar-refractivity contribution in [2.75, 3.05) is 0 Å². The molecule has 0 spiro atoms. The van der Waals surface area contributed by atoms with Gasteiger partial charge in [-0.1, -0.05) is 0 Å². The van der Waals surface area contributed by atoms with Crippen LogP contribution >= 0.6 is 15.9 Å². The Morgan fingerprint density at radius 1 is 1.62 bits per heavy atom. The van der Waals surface area contributed by atoms with Crippen LogP contribution in [0.3, 0.4) is 0 Å². The Labute approximate surface area is 56.1 Å². The van der Waals surface area contributed by atoms with Crippen molar-refractivity contribution in [2.24, 2.45) is 4.99 Å². The smallest absolute Gasteiger partial charge is 0.0926 e. The van der Waals surface area contributed by atoms with Crippen molar-refractivity contribution in [1.29, 1.82) is 0 Å². The highest BCUT2D eigenvalue weighted by Gasteiger charge is 1.83. The summed E-state index contributed by atoms with van der Waals surface area (Å²) in [6, 6.07) is 0. The van der Waals surface area contributed by atoms with Gasteiger partial charge < -0.3 is 5.32 Å². The lowest BCUT2D eigenvalue weighted by atomic mass is 10.6. The minimum atomic E-state index is 0.926. The molecule has 2 nitrogen and oxygen atoms in total. The van der Waals surface area contributed by atoms with E-state index in [4.69, 9.17) is 0 Å². The Balaban J connectivity index is 2.69. The Morgan fingerprint density at radius 2 is 2.50 bits per heavy atom. The van der Waals surface area contributed by atoms with Gasteiger partial charge in [0.15, 0.2) is 0 Å². The van der Waals surface area contributed by atoms with Gasteiger partial charge in [-0.3, -0.25) is 0 Å². The zero-order valence-corrected chi connectivity index (χ0v) is 5.72. The third-order valence-electron chi connectivity index (χ3n) is 0.692. The minimum absolute atomic E-state index is 0.926. The van der Waals surface area contributed by atoms with Gasteiger partial charge >= 0.3 is 0 Å². The standard InChI is InChI=1S/C5H5BrN2/c6-5-2-1-3-7-4-8-5/h1-4H,(H,7,8). The summed E-state index contributed by atoms with van der Waals surface area (Å²) in [4.78, 5) is 3.82. The zero-order chi connectivity index (χ0) is 5.82. The molecule has 0 atom stereocenters. The van der Waals surface area contributed by atoms with Gasteiger partial charge in [0, 0.05) is 6.20 Å². The highest BCUT2D eigenvalue weighted by molar-refractivity contribution is 9.11. The Kier molecular flexibility index (Phi) is 1.86.